The molecule has 2 aromatic carbocycles. The van der Waals surface area contributed by atoms with Crippen molar-refractivity contribution in [3.8, 4) is 0 Å². The first-order valence-corrected chi connectivity index (χ1v) is 11.1. The van der Waals surface area contributed by atoms with Crippen LogP contribution >= 0.6 is 0 Å². The number of amides is 2. The Morgan fingerprint density at radius 3 is 2.52 bits per heavy atom. The molecule has 2 fully saturated rings. The molecule has 1 atom stereocenters. The van der Waals surface area contributed by atoms with E-state index < -0.39 is 5.82 Å². The van der Waals surface area contributed by atoms with Gasteiger partial charge in [0.05, 0.1) is 11.5 Å². The van der Waals surface area contributed by atoms with Gasteiger partial charge in [-0.2, -0.15) is 0 Å². The fraction of sp³-hybridized carbons (Fsp3) is 0.440. The maximum atomic E-state index is 14.3. The number of carbonyl (C=O) groups excluding carboxylic acids is 2. The van der Waals surface area contributed by atoms with E-state index in [-0.39, 0.29) is 23.3 Å². The zero-order chi connectivity index (χ0) is 22.0. The first kappa shape index (κ1) is 21.3. The molecule has 2 saturated heterocycles. The molecule has 0 spiro atoms. The number of aryl methyl sites for hydroxylation is 2. The monoisotopic (exact) mass is 423 g/mol. The third kappa shape index (κ3) is 4.58. The predicted molar refractivity (Wildman–Crippen MR) is 121 cm³/mol. The maximum absolute atomic E-state index is 14.3. The van der Waals surface area contributed by atoms with E-state index in [0.29, 0.717) is 18.7 Å². The van der Waals surface area contributed by atoms with Crippen LogP contribution in [0.4, 0.5) is 15.8 Å². The topological polar surface area (TPSA) is 52.7 Å². The molecule has 2 heterocycles. The molecule has 31 heavy (non-hydrogen) atoms. The Morgan fingerprint density at radius 2 is 1.77 bits per heavy atom. The summed E-state index contributed by atoms with van der Waals surface area (Å²) in [7, 11) is 0. The SMILES string of the molecule is Cc1ccc(NC(=O)[C@H]2CCCN(C(=O)c3c(C)cccc3F)C2)cc1N1CCCC1. The molecular weight excluding hydrogens is 393 g/mol. The summed E-state index contributed by atoms with van der Waals surface area (Å²) in [4.78, 5) is 29.9. The summed E-state index contributed by atoms with van der Waals surface area (Å²) in [5.74, 6) is -1.23. The van der Waals surface area contributed by atoms with Crippen LogP contribution in [-0.2, 0) is 4.79 Å². The third-order valence-corrected chi connectivity index (χ3v) is 6.44. The van der Waals surface area contributed by atoms with Gasteiger partial charge in [0, 0.05) is 37.6 Å². The molecule has 164 valence electrons. The van der Waals surface area contributed by atoms with E-state index >= 15 is 0 Å². The Labute approximate surface area is 183 Å². The summed E-state index contributed by atoms with van der Waals surface area (Å²) < 4.78 is 14.3. The smallest absolute Gasteiger partial charge is 0.257 e. The average molecular weight is 424 g/mol. The second-order valence-corrected chi connectivity index (χ2v) is 8.71. The van der Waals surface area contributed by atoms with E-state index in [1.807, 2.05) is 18.2 Å². The minimum atomic E-state index is -0.509. The molecule has 2 aliphatic rings. The van der Waals surface area contributed by atoms with Crippen molar-refractivity contribution in [2.75, 3.05) is 36.4 Å². The van der Waals surface area contributed by atoms with Crippen LogP contribution in [0.15, 0.2) is 36.4 Å². The fourth-order valence-corrected chi connectivity index (χ4v) is 4.67. The van der Waals surface area contributed by atoms with E-state index in [0.717, 1.165) is 31.6 Å². The van der Waals surface area contributed by atoms with Gasteiger partial charge in [0.2, 0.25) is 5.91 Å². The second-order valence-electron chi connectivity index (χ2n) is 8.71. The van der Waals surface area contributed by atoms with Crippen molar-refractivity contribution in [3.63, 3.8) is 0 Å². The number of nitrogens with one attached hydrogen (secondary N) is 1. The summed E-state index contributed by atoms with van der Waals surface area (Å²) in [5, 5.41) is 3.05. The maximum Gasteiger partial charge on any atom is 0.257 e. The second kappa shape index (κ2) is 9.08. The lowest BCUT2D eigenvalue weighted by Crippen LogP contribution is -2.44. The highest BCUT2D eigenvalue weighted by molar-refractivity contribution is 5.97. The standard InChI is InChI=1S/C25H30FN3O2/c1-17-10-11-20(15-22(17)28-12-3-4-13-28)27-24(30)19-8-6-14-29(16-19)25(31)23-18(2)7-5-9-21(23)26/h5,7,9-11,15,19H,3-4,6,8,12-14,16H2,1-2H3,(H,27,30)/t19-/m0/s1. The number of halogens is 1. The lowest BCUT2D eigenvalue weighted by molar-refractivity contribution is -0.121. The zero-order valence-corrected chi connectivity index (χ0v) is 18.3. The number of likely N-dealkylation sites (tertiary alicyclic amines) is 1. The number of benzene rings is 2. The van der Waals surface area contributed by atoms with Gasteiger partial charge in [-0.25, -0.2) is 4.39 Å². The Balaban J connectivity index is 1.45. The Kier molecular flexibility index (Phi) is 6.25. The molecule has 6 heteroatoms. The minimum Gasteiger partial charge on any atom is -0.371 e. The first-order chi connectivity index (χ1) is 14.9. The molecule has 0 unspecified atom stereocenters. The molecule has 0 saturated carbocycles. The molecule has 0 aliphatic carbocycles. The molecular formula is C25H30FN3O2. The Bertz CT molecular complexity index is 964. The predicted octanol–water partition coefficient (Wildman–Crippen LogP) is 4.53. The number of anilines is 2. The van der Waals surface area contributed by atoms with Gasteiger partial charge in [0.1, 0.15) is 5.82 Å². The summed E-state index contributed by atoms with van der Waals surface area (Å²) in [5.41, 5.74) is 3.88. The van der Waals surface area contributed by atoms with Crippen molar-refractivity contribution >= 4 is 23.2 Å². The Morgan fingerprint density at radius 1 is 1.00 bits per heavy atom. The number of piperidine rings is 1. The summed E-state index contributed by atoms with van der Waals surface area (Å²) in [6.07, 6.45) is 3.84. The van der Waals surface area contributed by atoms with Crippen molar-refractivity contribution in [1.29, 1.82) is 0 Å². The van der Waals surface area contributed by atoms with Gasteiger partial charge < -0.3 is 15.1 Å². The van der Waals surface area contributed by atoms with Gasteiger partial charge in [0.25, 0.3) is 5.91 Å². The Hall–Kier alpha value is -2.89. The molecule has 1 N–H and O–H groups in total. The van der Waals surface area contributed by atoms with E-state index in [1.165, 1.54) is 30.2 Å². The van der Waals surface area contributed by atoms with Crippen LogP contribution in [-0.4, -0.2) is 42.9 Å². The number of rotatable bonds is 4. The van der Waals surface area contributed by atoms with Crippen molar-refractivity contribution in [2.24, 2.45) is 5.92 Å². The van der Waals surface area contributed by atoms with Gasteiger partial charge in [-0.3, -0.25) is 9.59 Å². The normalized spacial score (nSPS) is 18.9. The zero-order valence-electron chi connectivity index (χ0n) is 18.3. The van der Waals surface area contributed by atoms with E-state index in [2.05, 4.69) is 17.1 Å². The van der Waals surface area contributed by atoms with Gasteiger partial charge in [0.15, 0.2) is 0 Å². The van der Waals surface area contributed by atoms with Crippen molar-refractivity contribution in [1.82, 2.24) is 4.90 Å². The minimum absolute atomic E-state index is 0.0843. The largest absolute Gasteiger partial charge is 0.371 e. The average Bonchev–Trinajstić information content (AvgIpc) is 3.29. The lowest BCUT2D eigenvalue weighted by Gasteiger charge is -2.32. The van der Waals surface area contributed by atoms with E-state index in [4.69, 9.17) is 0 Å². The summed E-state index contributed by atoms with van der Waals surface area (Å²) in [6, 6.07) is 10.7. The molecule has 0 aromatic heterocycles. The van der Waals surface area contributed by atoms with E-state index in [1.54, 1.807) is 24.0 Å². The molecule has 2 aromatic rings. The summed E-state index contributed by atoms with van der Waals surface area (Å²) in [6.45, 7) is 6.78. The van der Waals surface area contributed by atoms with Crippen LogP contribution in [0.2, 0.25) is 0 Å². The molecule has 2 aliphatic heterocycles. The van der Waals surface area contributed by atoms with Crippen LogP contribution in [0.25, 0.3) is 0 Å². The van der Waals surface area contributed by atoms with Gasteiger partial charge in [-0.15, -0.1) is 0 Å². The van der Waals surface area contributed by atoms with Crippen LogP contribution in [0.1, 0.15) is 47.2 Å². The fourth-order valence-electron chi connectivity index (χ4n) is 4.67. The molecule has 0 radical (unpaired) electrons. The molecule has 0 bridgehead atoms. The highest BCUT2D eigenvalue weighted by atomic mass is 19.1. The van der Waals surface area contributed by atoms with Gasteiger partial charge >= 0.3 is 0 Å². The number of hydrogen-bond acceptors (Lipinski definition) is 3. The molecule has 5 nitrogen and oxygen atoms in total. The molecule has 2 amide bonds. The number of nitrogens with zero attached hydrogens (tertiary/aromatic N) is 2. The van der Waals surface area contributed by atoms with Crippen LogP contribution in [0.5, 0.6) is 0 Å². The van der Waals surface area contributed by atoms with Crippen molar-refractivity contribution in [2.45, 2.75) is 39.5 Å². The van der Waals surface area contributed by atoms with Crippen LogP contribution < -0.4 is 10.2 Å². The van der Waals surface area contributed by atoms with E-state index in [9.17, 15) is 14.0 Å². The van der Waals surface area contributed by atoms with Crippen LogP contribution in [0.3, 0.4) is 0 Å². The first-order valence-electron chi connectivity index (χ1n) is 11.1. The third-order valence-electron chi connectivity index (χ3n) is 6.44. The van der Waals surface area contributed by atoms with Crippen molar-refractivity contribution in [3.05, 3.63) is 58.9 Å². The quantitative estimate of drug-likeness (QED) is 0.786. The highest BCUT2D eigenvalue weighted by Crippen LogP contribution is 2.28. The van der Waals surface area contributed by atoms with Crippen LogP contribution in [0, 0.1) is 25.6 Å². The van der Waals surface area contributed by atoms with Gasteiger partial charge in [-0.05, 0) is 68.9 Å². The number of carbonyl (C=O) groups is 2. The molecule has 4 rings (SSSR count). The van der Waals surface area contributed by atoms with Gasteiger partial charge in [-0.1, -0.05) is 18.2 Å². The lowest BCUT2D eigenvalue weighted by atomic mass is 9.95. The number of hydrogen-bond donors (Lipinski definition) is 1. The van der Waals surface area contributed by atoms with Crippen molar-refractivity contribution < 1.29 is 14.0 Å². The highest BCUT2D eigenvalue weighted by Gasteiger charge is 2.30. The summed E-state index contributed by atoms with van der Waals surface area (Å²) >= 11 is 0.